The maximum atomic E-state index is 5.46. The first kappa shape index (κ1) is 15.5. The first-order valence-corrected chi connectivity index (χ1v) is 7.68. The van der Waals surface area contributed by atoms with Gasteiger partial charge in [-0.1, -0.05) is 0 Å². The van der Waals surface area contributed by atoms with Crippen LogP contribution < -0.4 is 14.8 Å². The number of fused-ring (bicyclic) bond motifs is 4. The molecule has 0 aliphatic carbocycles. The van der Waals surface area contributed by atoms with Gasteiger partial charge >= 0.3 is 0 Å². The summed E-state index contributed by atoms with van der Waals surface area (Å²) >= 11 is 0. The number of hydrogen-bond acceptors (Lipinski definition) is 5. The minimum absolute atomic E-state index is 0. The van der Waals surface area contributed by atoms with Crippen LogP contribution in [-0.4, -0.2) is 21.7 Å². The van der Waals surface area contributed by atoms with E-state index in [9.17, 15) is 0 Å². The molecule has 0 saturated carbocycles. The van der Waals surface area contributed by atoms with Crippen molar-refractivity contribution in [3.63, 3.8) is 0 Å². The lowest BCUT2D eigenvalue weighted by atomic mass is 10.1. The summed E-state index contributed by atoms with van der Waals surface area (Å²) in [5, 5.41) is 4.50. The van der Waals surface area contributed by atoms with E-state index in [0.717, 1.165) is 50.5 Å². The Morgan fingerprint density at radius 3 is 2.80 bits per heavy atom. The van der Waals surface area contributed by atoms with Crippen LogP contribution in [0.3, 0.4) is 0 Å². The molecule has 25 heavy (non-hydrogen) atoms. The van der Waals surface area contributed by atoms with Crippen molar-refractivity contribution in [1.29, 1.82) is 0 Å². The molecule has 5 rings (SSSR count). The van der Waals surface area contributed by atoms with Gasteiger partial charge in [0, 0.05) is 22.8 Å². The van der Waals surface area contributed by atoms with Gasteiger partial charge in [0.2, 0.25) is 6.79 Å². The van der Waals surface area contributed by atoms with Crippen molar-refractivity contribution in [3.05, 3.63) is 48.4 Å². The van der Waals surface area contributed by atoms with Gasteiger partial charge in [0.25, 0.3) is 0 Å². The molecule has 0 spiro atoms. The highest BCUT2D eigenvalue weighted by atomic mass is 35.5. The van der Waals surface area contributed by atoms with E-state index in [-0.39, 0.29) is 19.2 Å². The van der Waals surface area contributed by atoms with Gasteiger partial charge in [-0.05, 0) is 37.3 Å². The lowest BCUT2D eigenvalue weighted by Gasteiger charge is -2.12. The number of H-pyrrole nitrogens is 1. The van der Waals surface area contributed by atoms with E-state index in [1.54, 1.807) is 6.33 Å². The Balaban J connectivity index is 0.00000157. The average molecular weight is 355 g/mol. The lowest BCUT2D eigenvalue weighted by Crippen LogP contribution is -1.95. The van der Waals surface area contributed by atoms with E-state index >= 15 is 0 Å². The minimum atomic E-state index is 0. The van der Waals surface area contributed by atoms with E-state index in [1.165, 1.54) is 0 Å². The van der Waals surface area contributed by atoms with Gasteiger partial charge in [-0.2, -0.15) is 0 Å². The van der Waals surface area contributed by atoms with Crippen molar-refractivity contribution in [1.82, 2.24) is 15.0 Å². The molecule has 2 aromatic carbocycles. The average Bonchev–Trinajstić information content (AvgIpc) is 3.22. The number of nitrogens with one attached hydrogen (secondary N) is 2. The van der Waals surface area contributed by atoms with Gasteiger partial charge in [-0.25, -0.2) is 4.98 Å². The van der Waals surface area contributed by atoms with Gasteiger partial charge < -0.3 is 19.8 Å². The molecule has 0 radical (unpaired) electrons. The molecule has 0 bridgehead atoms. The minimum Gasteiger partial charge on any atom is -0.454 e. The Morgan fingerprint density at radius 1 is 1.04 bits per heavy atom. The number of halogens is 1. The summed E-state index contributed by atoms with van der Waals surface area (Å²) in [4.78, 5) is 12.2. The van der Waals surface area contributed by atoms with E-state index in [2.05, 4.69) is 20.3 Å². The number of hydrogen-bond donors (Lipinski definition) is 2. The number of ether oxygens (including phenoxy) is 2. The molecule has 0 atom stereocenters. The maximum Gasteiger partial charge on any atom is 0.231 e. The Kier molecular flexibility index (Phi) is 3.62. The summed E-state index contributed by atoms with van der Waals surface area (Å²) in [6.07, 6.45) is 1.70. The first-order valence-electron chi connectivity index (χ1n) is 7.68. The number of rotatable bonds is 2. The fourth-order valence-corrected chi connectivity index (χ4v) is 3.10. The third-order valence-corrected chi connectivity index (χ3v) is 4.14. The molecule has 126 valence electrons. The summed E-state index contributed by atoms with van der Waals surface area (Å²) in [5.74, 6) is 1.52. The standard InChI is InChI=1S/C18H14N4O2.ClH/c1-10-6-14(22-11-2-5-15-16(7-11)24-9-23-15)17-12(21-10)3-4-13-18(17)20-8-19-13;/h2-8H,9H2,1H3,(H,19,20)(H,21,22);1H. The van der Waals surface area contributed by atoms with E-state index in [4.69, 9.17) is 9.47 Å². The number of pyridine rings is 1. The van der Waals surface area contributed by atoms with Gasteiger partial charge in [0.05, 0.1) is 28.6 Å². The van der Waals surface area contributed by atoms with Crippen molar-refractivity contribution in [2.24, 2.45) is 0 Å². The zero-order valence-corrected chi connectivity index (χ0v) is 14.2. The van der Waals surface area contributed by atoms with Crippen LogP contribution in [0.25, 0.3) is 21.9 Å². The summed E-state index contributed by atoms with van der Waals surface area (Å²) < 4.78 is 10.8. The van der Waals surface area contributed by atoms with Crippen LogP contribution in [0.1, 0.15) is 5.69 Å². The Labute approximate surface area is 149 Å². The van der Waals surface area contributed by atoms with Crippen molar-refractivity contribution < 1.29 is 9.47 Å². The molecule has 3 heterocycles. The molecule has 4 aromatic rings. The Hall–Kier alpha value is -2.99. The summed E-state index contributed by atoms with van der Waals surface area (Å²) in [7, 11) is 0. The number of benzene rings is 2. The van der Waals surface area contributed by atoms with Crippen LogP contribution in [0, 0.1) is 6.92 Å². The SMILES string of the molecule is Cc1cc(Nc2ccc3c(c2)OCO3)c2c(ccc3nc[nH]c32)n1.Cl. The second-order valence-corrected chi connectivity index (χ2v) is 5.76. The van der Waals surface area contributed by atoms with E-state index in [1.807, 2.05) is 43.3 Å². The third-order valence-electron chi connectivity index (χ3n) is 4.14. The topological polar surface area (TPSA) is 72.1 Å². The van der Waals surface area contributed by atoms with Crippen LogP contribution in [0.2, 0.25) is 0 Å². The molecular weight excluding hydrogens is 340 g/mol. The van der Waals surface area contributed by atoms with Crippen molar-refractivity contribution in [2.45, 2.75) is 6.92 Å². The normalized spacial score (nSPS) is 12.4. The van der Waals surface area contributed by atoms with E-state index < -0.39 is 0 Å². The highest BCUT2D eigenvalue weighted by molar-refractivity contribution is 6.10. The predicted octanol–water partition coefficient (Wildman–Crippen LogP) is 4.31. The molecule has 0 unspecified atom stereocenters. The van der Waals surface area contributed by atoms with Crippen LogP contribution in [0.5, 0.6) is 11.5 Å². The highest BCUT2D eigenvalue weighted by Crippen LogP contribution is 2.37. The second kappa shape index (κ2) is 5.82. The molecule has 1 aliphatic heterocycles. The van der Waals surface area contributed by atoms with Crippen LogP contribution >= 0.6 is 12.4 Å². The monoisotopic (exact) mass is 354 g/mol. The largest absolute Gasteiger partial charge is 0.454 e. The maximum absolute atomic E-state index is 5.46. The first-order chi connectivity index (χ1) is 11.8. The molecule has 6 nitrogen and oxygen atoms in total. The summed E-state index contributed by atoms with van der Waals surface area (Å²) in [6.45, 7) is 2.26. The number of aromatic nitrogens is 3. The van der Waals surface area contributed by atoms with Crippen LogP contribution in [0.15, 0.2) is 42.7 Å². The summed E-state index contributed by atoms with van der Waals surface area (Å²) in [6, 6.07) is 11.8. The summed E-state index contributed by atoms with van der Waals surface area (Å²) in [5.41, 5.74) is 5.68. The third kappa shape index (κ3) is 2.51. The predicted molar refractivity (Wildman–Crippen MR) is 99.2 cm³/mol. The number of aromatic amines is 1. The molecule has 0 fully saturated rings. The number of nitrogens with zero attached hydrogens (tertiary/aromatic N) is 2. The molecule has 2 N–H and O–H groups in total. The smallest absolute Gasteiger partial charge is 0.231 e. The number of anilines is 2. The van der Waals surface area contributed by atoms with Gasteiger partial charge in [-0.15, -0.1) is 12.4 Å². The number of imidazole rings is 1. The molecule has 0 amide bonds. The fourth-order valence-electron chi connectivity index (χ4n) is 3.10. The number of aryl methyl sites for hydroxylation is 1. The molecule has 7 heteroatoms. The van der Waals surface area contributed by atoms with Gasteiger partial charge in [0.1, 0.15) is 0 Å². The lowest BCUT2D eigenvalue weighted by molar-refractivity contribution is 0.174. The van der Waals surface area contributed by atoms with Crippen LogP contribution in [-0.2, 0) is 0 Å². The molecular formula is C18H15ClN4O2. The fraction of sp³-hybridized carbons (Fsp3) is 0.111. The van der Waals surface area contributed by atoms with Crippen molar-refractivity contribution in [2.75, 3.05) is 12.1 Å². The highest BCUT2D eigenvalue weighted by Gasteiger charge is 2.15. The van der Waals surface area contributed by atoms with Crippen molar-refractivity contribution in [3.8, 4) is 11.5 Å². The zero-order valence-electron chi connectivity index (χ0n) is 13.4. The Bertz CT molecular complexity index is 1090. The quantitative estimate of drug-likeness (QED) is 0.561. The molecule has 2 aromatic heterocycles. The second-order valence-electron chi connectivity index (χ2n) is 5.76. The molecule has 0 saturated heterocycles. The van der Waals surface area contributed by atoms with Gasteiger partial charge in [-0.3, -0.25) is 4.98 Å². The van der Waals surface area contributed by atoms with Crippen LogP contribution in [0.4, 0.5) is 11.4 Å². The van der Waals surface area contributed by atoms with Crippen molar-refractivity contribution >= 4 is 45.7 Å². The Morgan fingerprint density at radius 2 is 1.88 bits per heavy atom. The van der Waals surface area contributed by atoms with E-state index in [0.29, 0.717) is 0 Å². The van der Waals surface area contributed by atoms with Gasteiger partial charge in [0.15, 0.2) is 11.5 Å². The zero-order chi connectivity index (χ0) is 16.1. The molecule has 1 aliphatic rings.